The van der Waals surface area contributed by atoms with Crippen LogP contribution in [0, 0.1) is 0 Å². The monoisotopic (exact) mass is 242 g/mol. The van der Waals surface area contributed by atoms with Crippen molar-refractivity contribution in [3.8, 4) is 0 Å². The van der Waals surface area contributed by atoms with Gasteiger partial charge < -0.3 is 5.32 Å². The maximum absolute atomic E-state index is 4.41. The van der Waals surface area contributed by atoms with Gasteiger partial charge >= 0.3 is 0 Å². The minimum absolute atomic E-state index is 0.239. The highest BCUT2D eigenvalue weighted by molar-refractivity contribution is 7.99. The number of aromatic nitrogens is 3. The number of aromatic amines is 1. The number of H-pyrrole nitrogens is 1. The van der Waals surface area contributed by atoms with Crippen molar-refractivity contribution < 1.29 is 0 Å². The smallest absolute Gasteiger partial charge is 0.167 e. The predicted molar refractivity (Wildman–Crippen MR) is 69.8 cm³/mol. The number of aryl methyl sites for hydroxylation is 1. The van der Waals surface area contributed by atoms with Crippen molar-refractivity contribution in [3.63, 3.8) is 0 Å². The molecule has 0 spiro atoms. The molecule has 4 nitrogen and oxygen atoms in total. The van der Waals surface area contributed by atoms with E-state index in [0.29, 0.717) is 0 Å². The van der Waals surface area contributed by atoms with Gasteiger partial charge in [-0.05, 0) is 31.4 Å². The van der Waals surface area contributed by atoms with Crippen molar-refractivity contribution in [1.82, 2.24) is 20.5 Å². The maximum atomic E-state index is 4.41. The number of hydrogen-bond donors (Lipinski definition) is 2. The van der Waals surface area contributed by atoms with Crippen molar-refractivity contribution in [2.75, 3.05) is 18.1 Å². The highest BCUT2D eigenvalue weighted by Crippen LogP contribution is 2.07. The van der Waals surface area contributed by atoms with Crippen LogP contribution in [0.15, 0.2) is 0 Å². The van der Waals surface area contributed by atoms with Gasteiger partial charge in [0, 0.05) is 6.42 Å². The summed E-state index contributed by atoms with van der Waals surface area (Å²) in [5, 5.41) is 10.6. The lowest BCUT2D eigenvalue weighted by Gasteiger charge is -2.09. The third-order valence-corrected chi connectivity index (χ3v) is 3.38. The van der Waals surface area contributed by atoms with E-state index in [9.17, 15) is 0 Å². The third-order valence-electron chi connectivity index (χ3n) is 2.39. The Hall–Kier alpha value is -0.550. The standard InChI is InChI=1S/C11H22N4S/c1-4-10-13-11(15-14-10)9(3)12-7-6-8-16-5-2/h9,12H,4-8H2,1-3H3,(H,13,14,15). The van der Waals surface area contributed by atoms with Gasteiger partial charge in [-0.25, -0.2) is 4.98 Å². The molecule has 2 N–H and O–H groups in total. The number of hydrogen-bond acceptors (Lipinski definition) is 4. The first-order valence-electron chi connectivity index (χ1n) is 6.00. The summed E-state index contributed by atoms with van der Waals surface area (Å²) in [5.74, 6) is 4.27. The Morgan fingerprint density at radius 3 is 2.88 bits per heavy atom. The molecule has 0 saturated heterocycles. The van der Waals surface area contributed by atoms with Crippen LogP contribution in [0.1, 0.15) is 44.9 Å². The quantitative estimate of drug-likeness (QED) is 0.686. The van der Waals surface area contributed by atoms with Gasteiger partial charge in [-0.15, -0.1) is 0 Å². The first kappa shape index (κ1) is 13.5. The number of rotatable bonds is 8. The van der Waals surface area contributed by atoms with E-state index < -0.39 is 0 Å². The summed E-state index contributed by atoms with van der Waals surface area (Å²) in [6.07, 6.45) is 2.11. The molecule has 1 atom stereocenters. The Balaban J connectivity index is 2.21. The molecule has 0 aromatic carbocycles. The summed E-state index contributed by atoms with van der Waals surface area (Å²) >= 11 is 1.99. The summed E-state index contributed by atoms with van der Waals surface area (Å²) in [6, 6.07) is 0.239. The first-order valence-corrected chi connectivity index (χ1v) is 7.15. The zero-order chi connectivity index (χ0) is 11.8. The molecule has 0 radical (unpaired) electrons. The van der Waals surface area contributed by atoms with Gasteiger partial charge in [0.25, 0.3) is 0 Å². The summed E-state index contributed by atoms with van der Waals surface area (Å²) in [5.41, 5.74) is 0. The molecule has 0 aliphatic carbocycles. The number of thioether (sulfide) groups is 1. The fraction of sp³-hybridized carbons (Fsp3) is 0.818. The van der Waals surface area contributed by atoms with Crippen molar-refractivity contribution in [2.45, 2.75) is 39.7 Å². The predicted octanol–water partition coefficient (Wildman–Crippen LogP) is 2.16. The molecule has 92 valence electrons. The van der Waals surface area contributed by atoms with Crippen LogP contribution in [0.25, 0.3) is 0 Å². The van der Waals surface area contributed by atoms with Crippen LogP contribution in [-0.4, -0.2) is 33.2 Å². The largest absolute Gasteiger partial charge is 0.307 e. The van der Waals surface area contributed by atoms with E-state index in [1.165, 1.54) is 17.9 Å². The number of nitrogens with zero attached hydrogens (tertiary/aromatic N) is 2. The minimum Gasteiger partial charge on any atom is -0.307 e. The number of nitrogens with one attached hydrogen (secondary N) is 2. The molecule has 1 unspecified atom stereocenters. The van der Waals surface area contributed by atoms with Gasteiger partial charge in [0.15, 0.2) is 5.82 Å². The van der Waals surface area contributed by atoms with Crippen LogP contribution >= 0.6 is 11.8 Å². The van der Waals surface area contributed by atoms with Gasteiger partial charge in [0.2, 0.25) is 0 Å². The fourth-order valence-electron chi connectivity index (χ4n) is 1.39. The first-order chi connectivity index (χ1) is 7.77. The van der Waals surface area contributed by atoms with E-state index in [1.54, 1.807) is 0 Å². The van der Waals surface area contributed by atoms with E-state index in [-0.39, 0.29) is 6.04 Å². The Kier molecular flexibility index (Phi) is 6.49. The molecule has 5 heteroatoms. The second-order valence-electron chi connectivity index (χ2n) is 3.72. The Bertz CT molecular complexity index is 287. The lowest BCUT2D eigenvalue weighted by atomic mass is 10.3. The van der Waals surface area contributed by atoms with Crippen LogP contribution in [0.5, 0.6) is 0 Å². The maximum Gasteiger partial charge on any atom is 0.167 e. The van der Waals surface area contributed by atoms with E-state index in [1.807, 2.05) is 11.8 Å². The lowest BCUT2D eigenvalue weighted by Crippen LogP contribution is -2.21. The molecule has 1 heterocycles. The second kappa shape index (κ2) is 7.68. The molecule has 1 aromatic heterocycles. The van der Waals surface area contributed by atoms with Crippen LogP contribution in [0.2, 0.25) is 0 Å². The molecule has 0 saturated carbocycles. The van der Waals surface area contributed by atoms with Crippen LogP contribution < -0.4 is 5.32 Å². The molecule has 1 rings (SSSR count). The summed E-state index contributed by atoms with van der Waals surface area (Å²) < 4.78 is 0. The molecule has 0 fully saturated rings. The third kappa shape index (κ3) is 4.53. The van der Waals surface area contributed by atoms with Gasteiger partial charge in [-0.1, -0.05) is 13.8 Å². The molecule has 0 aliphatic rings. The van der Waals surface area contributed by atoms with Crippen LogP contribution in [-0.2, 0) is 6.42 Å². The van der Waals surface area contributed by atoms with E-state index >= 15 is 0 Å². The lowest BCUT2D eigenvalue weighted by molar-refractivity contribution is 0.547. The molecule has 0 bridgehead atoms. The van der Waals surface area contributed by atoms with Crippen LogP contribution in [0.4, 0.5) is 0 Å². The Morgan fingerprint density at radius 2 is 2.25 bits per heavy atom. The highest BCUT2D eigenvalue weighted by Gasteiger charge is 2.09. The average Bonchev–Trinajstić information content (AvgIpc) is 2.77. The van der Waals surface area contributed by atoms with E-state index in [2.05, 4.69) is 41.3 Å². The summed E-state index contributed by atoms with van der Waals surface area (Å²) in [4.78, 5) is 4.41. The SMILES string of the molecule is CCSCCCNC(C)c1n[nH]c(CC)n1. The Labute approximate surface area is 102 Å². The molecule has 1 aromatic rings. The zero-order valence-electron chi connectivity index (χ0n) is 10.4. The fourth-order valence-corrected chi connectivity index (χ4v) is 2.03. The van der Waals surface area contributed by atoms with Gasteiger partial charge in [-0.3, -0.25) is 5.10 Å². The minimum atomic E-state index is 0.239. The van der Waals surface area contributed by atoms with Crippen molar-refractivity contribution in [1.29, 1.82) is 0 Å². The highest BCUT2D eigenvalue weighted by atomic mass is 32.2. The molecular weight excluding hydrogens is 220 g/mol. The topological polar surface area (TPSA) is 53.6 Å². The summed E-state index contributed by atoms with van der Waals surface area (Å²) in [7, 11) is 0. The van der Waals surface area contributed by atoms with Gasteiger partial charge in [0.05, 0.1) is 6.04 Å². The van der Waals surface area contributed by atoms with Crippen molar-refractivity contribution >= 4 is 11.8 Å². The van der Waals surface area contributed by atoms with Crippen molar-refractivity contribution in [3.05, 3.63) is 11.6 Å². The van der Waals surface area contributed by atoms with E-state index in [0.717, 1.165) is 24.6 Å². The summed E-state index contributed by atoms with van der Waals surface area (Å²) in [6.45, 7) is 7.41. The van der Waals surface area contributed by atoms with Crippen molar-refractivity contribution in [2.24, 2.45) is 0 Å². The molecule has 0 amide bonds. The molecule has 0 aliphatic heterocycles. The van der Waals surface area contributed by atoms with Gasteiger partial charge in [-0.2, -0.15) is 16.9 Å². The molecule has 16 heavy (non-hydrogen) atoms. The Morgan fingerprint density at radius 1 is 1.44 bits per heavy atom. The van der Waals surface area contributed by atoms with E-state index in [4.69, 9.17) is 0 Å². The normalized spacial score (nSPS) is 12.9. The van der Waals surface area contributed by atoms with Crippen LogP contribution in [0.3, 0.4) is 0 Å². The second-order valence-corrected chi connectivity index (χ2v) is 5.11. The molecular formula is C11H22N4S. The average molecular weight is 242 g/mol. The van der Waals surface area contributed by atoms with Gasteiger partial charge in [0.1, 0.15) is 5.82 Å². The zero-order valence-corrected chi connectivity index (χ0v) is 11.2.